The molecule has 5 rings (SSSR count). The fraction of sp³-hybridized carbons (Fsp3) is 0.0870. The Hall–Kier alpha value is -1.47. The average molecular weight is 472 g/mol. The van der Waals surface area contributed by atoms with E-state index in [0.29, 0.717) is 0 Å². The number of halogens is 2. The summed E-state index contributed by atoms with van der Waals surface area (Å²) in [6.45, 7) is 2.16. The van der Waals surface area contributed by atoms with Crippen LogP contribution in [0.2, 0.25) is 0 Å². The van der Waals surface area contributed by atoms with Gasteiger partial charge in [-0.2, -0.15) is 6.08 Å². The van der Waals surface area contributed by atoms with E-state index in [1.54, 1.807) is 0 Å². The normalized spacial score (nSPS) is 11.3. The van der Waals surface area contributed by atoms with Crippen molar-refractivity contribution in [2.45, 2.75) is 13.3 Å². The van der Waals surface area contributed by atoms with Crippen LogP contribution in [0.1, 0.15) is 12.1 Å². The molecule has 1 aliphatic carbocycles. The molecule has 1 nitrogen and oxygen atoms in total. The van der Waals surface area contributed by atoms with Crippen LogP contribution in [0.25, 0.3) is 27.4 Å². The smallest absolute Gasteiger partial charge is 1.00 e. The second kappa shape index (κ2) is 10.8. The molecule has 1 aromatic heterocycles. The third kappa shape index (κ3) is 5.08. The standard InChI is InChI=1S/C18H14N.C5H5.2ClH.Zr/c1-13-10-16-8-4-5-9-18(16)19(13)17-11-14-6-2-3-7-15(14)12-17;1-2-4-5-3-1;;;/h2-12H,1H3;1-3H,4H2;2*1H;/q2*-1;;;+4/p-2. The van der Waals surface area contributed by atoms with Crippen LogP contribution in [0.3, 0.4) is 0 Å². The van der Waals surface area contributed by atoms with Crippen molar-refractivity contribution in [3.63, 3.8) is 0 Å². The molecular formula is C23H19Cl2NZr. The number of para-hydroxylation sites is 1. The Balaban J connectivity index is 0.000000402. The summed E-state index contributed by atoms with van der Waals surface area (Å²) >= 11 is 0. The van der Waals surface area contributed by atoms with Gasteiger partial charge in [-0.3, -0.25) is 6.08 Å². The zero-order chi connectivity index (χ0) is 16.4. The summed E-state index contributed by atoms with van der Waals surface area (Å²) in [4.78, 5) is 0. The van der Waals surface area contributed by atoms with Crippen LogP contribution in [-0.2, 0) is 26.2 Å². The first-order valence-corrected chi connectivity index (χ1v) is 8.27. The molecule has 0 saturated carbocycles. The summed E-state index contributed by atoms with van der Waals surface area (Å²) in [6, 6.07) is 23.8. The van der Waals surface area contributed by atoms with Crippen LogP contribution < -0.4 is 24.8 Å². The molecule has 3 aromatic carbocycles. The predicted molar refractivity (Wildman–Crippen MR) is 103 cm³/mol. The Morgan fingerprint density at radius 1 is 0.926 bits per heavy atom. The predicted octanol–water partition coefficient (Wildman–Crippen LogP) is 0.122. The molecule has 1 heterocycles. The van der Waals surface area contributed by atoms with Crippen molar-refractivity contribution in [3.8, 4) is 5.69 Å². The third-order valence-electron chi connectivity index (χ3n) is 4.34. The van der Waals surface area contributed by atoms with Gasteiger partial charge in [0.15, 0.2) is 0 Å². The van der Waals surface area contributed by atoms with Gasteiger partial charge < -0.3 is 29.4 Å². The minimum Gasteiger partial charge on any atom is -1.00 e. The summed E-state index contributed by atoms with van der Waals surface area (Å²) in [5.74, 6) is 0. The average Bonchev–Trinajstić information content (AvgIpc) is 3.34. The molecule has 0 bridgehead atoms. The number of hydrogen-bond donors (Lipinski definition) is 0. The fourth-order valence-electron chi connectivity index (χ4n) is 3.24. The Labute approximate surface area is 192 Å². The molecule has 0 saturated heterocycles. The van der Waals surface area contributed by atoms with Crippen LogP contribution in [0.5, 0.6) is 0 Å². The summed E-state index contributed by atoms with van der Waals surface area (Å²) in [5, 5.41) is 3.90. The zero-order valence-electron chi connectivity index (χ0n) is 15.0. The van der Waals surface area contributed by atoms with Gasteiger partial charge >= 0.3 is 26.2 Å². The monoisotopic (exact) mass is 469 g/mol. The summed E-state index contributed by atoms with van der Waals surface area (Å²) < 4.78 is 2.33. The SMILES string of the molecule is Cc1cc2ccccc2n1-c1cc2ccccc2[cH-]1.[C-]1=CC=CC1.[Cl-].[Cl-].[Zr+4]. The second-order valence-corrected chi connectivity index (χ2v) is 6.03. The molecule has 0 N–H and O–H groups in total. The Kier molecular flexibility index (Phi) is 9.39. The molecule has 4 aromatic rings. The van der Waals surface area contributed by atoms with Gasteiger partial charge in [-0.05, 0) is 24.7 Å². The van der Waals surface area contributed by atoms with E-state index >= 15 is 0 Å². The first-order chi connectivity index (χ1) is 11.8. The molecular weight excluding hydrogens is 452 g/mol. The maximum atomic E-state index is 2.99. The minimum atomic E-state index is 0. The summed E-state index contributed by atoms with van der Waals surface area (Å²) in [5.41, 5.74) is 3.80. The Morgan fingerprint density at radius 2 is 1.63 bits per heavy atom. The fourth-order valence-corrected chi connectivity index (χ4v) is 3.24. The van der Waals surface area contributed by atoms with Gasteiger partial charge in [-0.15, -0.1) is 47.5 Å². The number of allylic oxidation sites excluding steroid dienone is 4. The third-order valence-corrected chi connectivity index (χ3v) is 4.34. The first-order valence-electron chi connectivity index (χ1n) is 8.27. The van der Waals surface area contributed by atoms with Gasteiger partial charge in [-0.25, -0.2) is 12.2 Å². The van der Waals surface area contributed by atoms with Crippen LogP contribution in [-0.4, -0.2) is 4.57 Å². The molecule has 0 radical (unpaired) electrons. The quantitative estimate of drug-likeness (QED) is 0.348. The van der Waals surface area contributed by atoms with Crippen molar-refractivity contribution in [1.82, 2.24) is 4.57 Å². The molecule has 1 aliphatic rings. The van der Waals surface area contributed by atoms with Crippen LogP contribution >= 0.6 is 0 Å². The van der Waals surface area contributed by atoms with Crippen LogP contribution in [0.4, 0.5) is 0 Å². The largest absolute Gasteiger partial charge is 4.00 e. The topological polar surface area (TPSA) is 4.93 Å². The number of benzene rings is 2. The van der Waals surface area contributed by atoms with Crippen molar-refractivity contribution >= 4 is 21.7 Å². The van der Waals surface area contributed by atoms with Gasteiger partial charge in [0.05, 0.1) is 5.52 Å². The van der Waals surface area contributed by atoms with E-state index in [9.17, 15) is 0 Å². The van der Waals surface area contributed by atoms with Crippen molar-refractivity contribution in [3.05, 3.63) is 96.7 Å². The van der Waals surface area contributed by atoms with E-state index in [0.717, 1.165) is 6.42 Å². The van der Waals surface area contributed by atoms with E-state index in [2.05, 4.69) is 90.4 Å². The maximum absolute atomic E-state index is 2.99. The molecule has 0 fully saturated rings. The number of fused-ring (bicyclic) bond motifs is 2. The molecule has 0 aliphatic heterocycles. The van der Waals surface area contributed by atoms with E-state index in [1.807, 2.05) is 12.2 Å². The number of nitrogens with zero attached hydrogens (tertiary/aromatic N) is 1. The van der Waals surface area contributed by atoms with Crippen molar-refractivity contribution < 1.29 is 51.0 Å². The van der Waals surface area contributed by atoms with Crippen LogP contribution in [0.15, 0.2) is 85.0 Å². The Bertz CT molecular complexity index is 1010. The zero-order valence-corrected chi connectivity index (χ0v) is 19.0. The Morgan fingerprint density at radius 3 is 2.26 bits per heavy atom. The number of hydrogen-bond acceptors (Lipinski definition) is 0. The van der Waals surface area contributed by atoms with Gasteiger partial charge in [0.1, 0.15) is 0 Å². The van der Waals surface area contributed by atoms with Crippen molar-refractivity contribution in [2.24, 2.45) is 0 Å². The van der Waals surface area contributed by atoms with Gasteiger partial charge in [0.2, 0.25) is 0 Å². The van der Waals surface area contributed by atoms with Crippen LogP contribution in [0, 0.1) is 13.0 Å². The van der Waals surface area contributed by atoms with E-state index in [1.165, 1.54) is 33.1 Å². The number of rotatable bonds is 1. The molecule has 0 unspecified atom stereocenters. The van der Waals surface area contributed by atoms with Gasteiger partial charge in [0, 0.05) is 11.1 Å². The van der Waals surface area contributed by atoms with E-state index < -0.39 is 0 Å². The molecule has 0 atom stereocenters. The molecule has 134 valence electrons. The van der Waals surface area contributed by atoms with Gasteiger partial charge in [-0.1, -0.05) is 24.3 Å². The summed E-state index contributed by atoms with van der Waals surface area (Å²) in [7, 11) is 0. The maximum Gasteiger partial charge on any atom is 4.00 e. The number of aromatic nitrogens is 1. The first kappa shape index (κ1) is 23.6. The molecule has 0 amide bonds. The summed E-state index contributed by atoms with van der Waals surface area (Å²) in [6.07, 6.45) is 10.0. The van der Waals surface area contributed by atoms with E-state index in [-0.39, 0.29) is 51.0 Å². The number of aryl methyl sites for hydroxylation is 1. The van der Waals surface area contributed by atoms with Gasteiger partial charge in [0.25, 0.3) is 0 Å². The van der Waals surface area contributed by atoms with Crippen molar-refractivity contribution in [1.29, 1.82) is 0 Å². The molecule has 27 heavy (non-hydrogen) atoms. The molecule has 0 spiro atoms. The second-order valence-electron chi connectivity index (χ2n) is 6.03. The van der Waals surface area contributed by atoms with E-state index in [4.69, 9.17) is 0 Å². The van der Waals surface area contributed by atoms with Crippen molar-refractivity contribution in [2.75, 3.05) is 0 Å². The molecule has 4 heteroatoms. The minimum absolute atomic E-state index is 0.